The fourth-order valence-electron chi connectivity index (χ4n) is 3.30. The molecule has 5 nitrogen and oxygen atoms in total. The summed E-state index contributed by atoms with van der Waals surface area (Å²) in [5.41, 5.74) is -0.158. The van der Waals surface area contributed by atoms with Gasteiger partial charge in [-0.15, -0.1) is 11.3 Å². The SMILES string of the molecule is O=C(NCc1nc(-c2ccc(Cl)cc2)cs1)C1(F)CCC(O)c2ncccc21. The van der Waals surface area contributed by atoms with Crippen LogP contribution < -0.4 is 5.32 Å². The lowest BCUT2D eigenvalue weighted by molar-refractivity contribution is -0.135. The number of rotatable bonds is 4. The van der Waals surface area contributed by atoms with Gasteiger partial charge in [0.05, 0.1) is 24.0 Å². The third-order valence-electron chi connectivity index (χ3n) is 4.80. The molecule has 1 aliphatic carbocycles. The van der Waals surface area contributed by atoms with E-state index in [2.05, 4.69) is 15.3 Å². The van der Waals surface area contributed by atoms with E-state index in [0.717, 1.165) is 11.3 Å². The smallest absolute Gasteiger partial charge is 0.262 e. The van der Waals surface area contributed by atoms with Gasteiger partial charge in [-0.05, 0) is 31.0 Å². The van der Waals surface area contributed by atoms with E-state index in [9.17, 15) is 9.90 Å². The van der Waals surface area contributed by atoms with E-state index in [4.69, 9.17) is 11.6 Å². The van der Waals surface area contributed by atoms with Crippen LogP contribution in [0.4, 0.5) is 4.39 Å². The molecule has 2 N–H and O–H groups in total. The van der Waals surface area contributed by atoms with Crippen LogP contribution in [-0.2, 0) is 17.0 Å². The molecule has 2 atom stereocenters. The number of aliphatic hydroxyl groups is 1. The molecule has 4 rings (SSSR count). The maximum Gasteiger partial charge on any atom is 0.262 e. The number of pyridine rings is 1. The van der Waals surface area contributed by atoms with Gasteiger partial charge in [-0.2, -0.15) is 0 Å². The minimum atomic E-state index is -2.21. The third-order valence-corrected chi connectivity index (χ3v) is 5.90. The molecule has 1 aromatic carbocycles. The summed E-state index contributed by atoms with van der Waals surface area (Å²) in [6, 6.07) is 10.4. The highest BCUT2D eigenvalue weighted by Crippen LogP contribution is 2.42. The number of amides is 1. The van der Waals surface area contributed by atoms with E-state index in [1.165, 1.54) is 23.6 Å². The van der Waals surface area contributed by atoms with Crippen LogP contribution in [0.2, 0.25) is 5.02 Å². The van der Waals surface area contributed by atoms with Crippen LogP contribution in [0.3, 0.4) is 0 Å². The lowest BCUT2D eigenvalue weighted by Gasteiger charge is -2.32. The number of aromatic nitrogens is 2. The van der Waals surface area contributed by atoms with Crippen LogP contribution in [0, 0.1) is 0 Å². The normalized spacial score (nSPS) is 21.2. The van der Waals surface area contributed by atoms with Crippen molar-refractivity contribution in [2.45, 2.75) is 31.2 Å². The number of alkyl halides is 1. The van der Waals surface area contributed by atoms with Crippen LogP contribution in [-0.4, -0.2) is 21.0 Å². The van der Waals surface area contributed by atoms with Crippen LogP contribution >= 0.6 is 22.9 Å². The largest absolute Gasteiger partial charge is 0.387 e. The molecule has 3 aromatic rings. The average Bonchev–Trinajstić information content (AvgIpc) is 3.19. The fraction of sp³-hybridized carbons (Fsp3) is 0.250. The number of nitrogens with one attached hydrogen (secondary N) is 1. The van der Waals surface area contributed by atoms with Crippen molar-refractivity contribution in [3.05, 3.63) is 69.3 Å². The fourth-order valence-corrected chi connectivity index (χ4v) is 4.17. The standard InChI is InChI=1S/C20H17ClFN3O2S/c21-13-5-3-12(4-6-13)15-11-28-17(25-15)10-24-19(27)20(22)8-7-16(26)18-14(20)2-1-9-23-18/h1-6,9,11,16,26H,7-8,10H2,(H,24,27). The number of carbonyl (C=O) groups is 1. The Hall–Kier alpha value is -2.35. The van der Waals surface area contributed by atoms with Crippen molar-refractivity contribution in [3.8, 4) is 11.3 Å². The van der Waals surface area contributed by atoms with Gasteiger partial charge in [-0.25, -0.2) is 9.37 Å². The van der Waals surface area contributed by atoms with Gasteiger partial charge in [0.25, 0.3) is 5.91 Å². The molecule has 8 heteroatoms. The zero-order chi connectivity index (χ0) is 19.7. The average molecular weight is 418 g/mol. The summed E-state index contributed by atoms with van der Waals surface area (Å²) >= 11 is 7.29. The zero-order valence-electron chi connectivity index (χ0n) is 14.7. The number of fused-ring (bicyclic) bond motifs is 1. The number of carbonyl (C=O) groups excluding carboxylic acids is 1. The molecular formula is C20H17ClFN3O2S. The molecule has 28 heavy (non-hydrogen) atoms. The Labute approximate surface area is 170 Å². The van der Waals surface area contributed by atoms with Crippen molar-refractivity contribution in [2.75, 3.05) is 0 Å². The second-order valence-corrected chi connectivity index (χ2v) is 7.99. The predicted octanol–water partition coefficient (Wildman–Crippen LogP) is 4.17. The first-order valence-corrected chi connectivity index (χ1v) is 10.0. The molecule has 1 amide bonds. The first-order valence-electron chi connectivity index (χ1n) is 8.78. The van der Waals surface area contributed by atoms with Crippen molar-refractivity contribution < 1.29 is 14.3 Å². The quantitative estimate of drug-likeness (QED) is 0.668. The van der Waals surface area contributed by atoms with Crippen LogP contribution in [0.15, 0.2) is 48.0 Å². The Morgan fingerprint density at radius 3 is 2.93 bits per heavy atom. The number of halogens is 2. The second-order valence-electron chi connectivity index (χ2n) is 6.61. The molecule has 0 saturated heterocycles. The highest BCUT2D eigenvalue weighted by Gasteiger charge is 2.46. The maximum atomic E-state index is 15.6. The van der Waals surface area contributed by atoms with Crippen molar-refractivity contribution in [1.29, 1.82) is 0 Å². The zero-order valence-corrected chi connectivity index (χ0v) is 16.3. The summed E-state index contributed by atoms with van der Waals surface area (Å²) in [6.45, 7) is 0.126. The third kappa shape index (κ3) is 3.53. The van der Waals surface area contributed by atoms with Crippen LogP contribution in [0.5, 0.6) is 0 Å². The molecule has 2 aromatic heterocycles. The van der Waals surface area contributed by atoms with Crippen molar-refractivity contribution in [2.24, 2.45) is 0 Å². The first-order chi connectivity index (χ1) is 13.5. The number of aliphatic hydroxyl groups excluding tert-OH is 1. The molecule has 0 bridgehead atoms. The minimum absolute atomic E-state index is 0.0907. The summed E-state index contributed by atoms with van der Waals surface area (Å²) in [6.07, 6.45) is 0.687. The van der Waals surface area contributed by atoms with Crippen LogP contribution in [0.1, 0.15) is 35.2 Å². The Kier molecular flexibility index (Phi) is 5.14. The molecule has 0 fully saturated rings. The highest BCUT2D eigenvalue weighted by atomic mass is 35.5. The van der Waals surface area contributed by atoms with Gasteiger partial charge >= 0.3 is 0 Å². The summed E-state index contributed by atoms with van der Waals surface area (Å²) in [7, 11) is 0. The molecule has 2 heterocycles. The van der Waals surface area contributed by atoms with Crippen molar-refractivity contribution in [3.63, 3.8) is 0 Å². The van der Waals surface area contributed by atoms with Crippen molar-refractivity contribution >= 4 is 28.8 Å². The number of benzene rings is 1. The molecule has 144 valence electrons. The number of hydrogen-bond donors (Lipinski definition) is 2. The van der Waals surface area contributed by atoms with E-state index in [1.807, 2.05) is 17.5 Å². The maximum absolute atomic E-state index is 15.6. The lowest BCUT2D eigenvalue weighted by Crippen LogP contribution is -2.44. The van der Waals surface area contributed by atoms with E-state index in [1.54, 1.807) is 18.2 Å². The molecule has 2 unspecified atom stereocenters. The summed E-state index contributed by atoms with van der Waals surface area (Å²) < 4.78 is 15.6. The highest BCUT2D eigenvalue weighted by molar-refractivity contribution is 7.09. The second kappa shape index (κ2) is 7.58. The first kappa shape index (κ1) is 19.0. The lowest BCUT2D eigenvalue weighted by atomic mass is 9.81. The number of hydrogen-bond acceptors (Lipinski definition) is 5. The molecule has 0 radical (unpaired) electrons. The molecule has 1 aliphatic rings. The van der Waals surface area contributed by atoms with Gasteiger partial charge in [0, 0.05) is 27.7 Å². The Morgan fingerprint density at radius 2 is 2.14 bits per heavy atom. The number of nitrogens with zero attached hydrogens (tertiary/aromatic N) is 2. The summed E-state index contributed by atoms with van der Waals surface area (Å²) in [4.78, 5) is 21.2. The van der Waals surface area contributed by atoms with E-state index >= 15 is 4.39 Å². The van der Waals surface area contributed by atoms with E-state index < -0.39 is 17.7 Å². The Morgan fingerprint density at radius 1 is 1.36 bits per heavy atom. The molecular weight excluding hydrogens is 401 g/mol. The van der Waals surface area contributed by atoms with Gasteiger partial charge in [0.2, 0.25) is 5.67 Å². The predicted molar refractivity (Wildman–Crippen MR) is 106 cm³/mol. The van der Waals surface area contributed by atoms with E-state index in [-0.39, 0.29) is 30.6 Å². The van der Waals surface area contributed by atoms with Gasteiger partial charge in [0.15, 0.2) is 0 Å². The molecule has 0 saturated carbocycles. The summed E-state index contributed by atoms with van der Waals surface area (Å²) in [5, 5.41) is 15.9. The molecule has 0 aliphatic heterocycles. The van der Waals surface area contributed by atoms with Gasteiger partial charge < -0.3 is 10.4 Å². The van der Waals surface area contributed by atoms with E-state index in [0.29, 0.717) is 10.0 Å². The number of thiazole rings is 1. The molecule has 0 spiro atoms. The van der Waals surface area contributed by atoms with Crippen molar-refractivity contribution in [1.82, 2.24) is 15.3 Å². The Bertz CT molecular complexity index is 1010. The van der Waals surface area contributed by atoms with Gasteiger partial charge in [-0.1, -0.05) is 29.8 Å². The topological polar surface area (TPSA) is 75.1 Å². The summed E-state index contributed by atoms with van der Waals surface area (Å²) in [5.74, 6) is -0.739. The van der Waals surface area contributed by atoms with Gasteiger partial charge in [-0.3, -0.25) is 9.78 Å². The monoisotopic (exact) mass is 417 g/mol. The Balaban J connectivity index is 1.48. The minimum Gasteiger partial charge on any atom is -0.387 e. The van der Waals surface area contributed by atoms with Gasteiger partial charge in [0.1, 0.15) is 5.01 Å². The van der Waals surface area contributed by atoms with Crippen LogP contribution in [0.25, 0.3) is 11.3 Å².